The van der Waals surface area contributed by atoms with Crippen LogP contribution in [0.1, 0.15) is 26.2 Å². The van der Waals surface area contributed by atoms with Gasteiger partial charge in [0.1, 0.15) is 6.10 Å². The van der Waals surface area contributed by atoms with E-state index >= 15 is 0 Å². The number of carbonyl (C=O) groups excluding carboxylic acids is 1. The van der Waals surface area contributed by atoms with E-state index in [-0.39, 0.29) is 18.0 Å². The van der Waals surface area contributed by atoms with Crippen molar-refractivity contribution in [3.8, 4) is 0 Å². The van der Waals surface area contributed by atoms with E-state index in [0.29, 0.717) is 0 Å². The van der Waals surface area contributed by atoms with Crippen LogP contribution in [-0.2, 0) is 9.53 Å². The van der Waals surface area contributed by atoms with Gasteiger partial charge in [-0.05, 0) is 18.9 Å². The van der Waals surface area contributed by atoms with Gasteiger partial charge in [-0.1, -0.05) is 33.0 Å². The first-order valence-electron chi connectivity index (χ1n) is 5.63. The molecule has 0 spiro atoms. The molecular weight excluding hydrogens is 192 g/mol. The Kier molecular flexibility index (Phi) is 3.76. The van der Waals surface area contributed by atoms with Gasteiger partial charge in [0.2, 0.25) is 0 Å². The molecule has 0 aromatic carbocycles. The van der Waals surface area contributed by atoms with Crippen molar-refractivity contribution in [2.75, 3.05) is 0 Å². The molecule has 2 nitrogen and oxygen atoms in total. The Balaban J connectivity index is 2.45. The lowest BCUT2D eigenvalue weighted by Crippen LogP contribution is -2.25. The summed E-state index contributed by atoms with van der Waals surface area (Å²) in [6.07, 6.45) is 3.33. The average Bonchev–Trinajstić information content (AvgIpc) is 2.29. The van der Waals surface area contributed by atoms with E-state index in [1.54, 1.807) is 0 Å². The van der Waals surface area contributed by atoms with Crippen LogP contribution in [0.25, 0.3) is 0 Å². The van der Waals surface area contributed by atoms with Crippen molar-refractivity contribution in [3.05, 3.63) is 0 Å². The summed E-state index contributed by atoms with van der Waals surface area (Å²) in [4.78, 5) is 11.5. The number of esters is 1. The first-order chi connectivity index (χ1) is 6.42. The fourth-order valence-corrected chi connectivity index (χ4v) is 3.94. The summed E-state index contributed by atoms with van der Waals surface area (Å²) in [7, 11) is -1.12. The maximum atomic E-state index is 11.5. The van der Waals surface area contributed by atoms with Crippen LogP contribution in [-0.4, -0.2) is 20.1 Å². The van der Waals surface area contributed by atoms with Gasteiger partial charge in [0.15, 0.2) is 0 Å². The van der Waals surface area contributed by atoms with Crippen molar-refractivity contribution in [1.29, 1.82) is 0 Å². The highest BCUT2D eigenvalue weighted by Gasteiger charge is 2.36. The van der Waals surface area contributed by atoms with E-state index in [2.05, 4.69) is 26.6 Å². The minimum Gasteiger partial charge on any atom is -0.462 e. The van der Waals surface area contributed by atoms with E-state index in [1.165, 1.54) is 0 Å². The largest absolute Gasteiger partial charge is 0.462 e. The summed E-state index contributed by atoms with van der Waals surface area (Å²) >= 11 is 0. The van der Waals surface area contributed by atoms with E-state index in [9.17, 15) is 4.79 Å². The molecule has 0 bridgehead atoms. The van der Waals surface area contributed by atoms with Crippen molar-refractivity contribution in [2.24, 2.45) is 5.92 Å². The second-order valence-electron chi connectivity index (χ2n) is 5.54. The van der Waals surface area contributed by atoms with Crippen LogP contribution in [0, 0.1) is 5.92 Å². The SMILES string of the molecule is CCC[C@@H]1C[C@H](C[Si](C)(C)C)C(=O)O1. The van der Waals surface area contributed by atoms with Gasteiger partial charge < -0.3 is 4.74 Å². The highest BCUT2D eigenvalue weighted by atomic mass is 28.3. The first kappa shape index (κ1) is 11.8. The Hall–Kier alpha value is -0.313. The minimum atomic E-state index is -1.12. The molecule has 1 fully saturated rings. The molecule has 0 aliphatic carbocycles. The summed E-state index contributed by atoms with van der Waals surface area (Å²) in [6.45, 7) is 9.08. The van der Waals surface area contributed by atoms with Crippen LogP contribution >= 0.6 is 0 Å². The van der Waals surface area contributed by atoms with Gasteiger partial charge >= 0.3 is 5.97 Å². The molecule has 1 saturated heterocycles. The van der Waals surface area contributed by atoms with Crippen LogP contribution in [0.15, 0.2) is 0 Å². The second kappa shape index (κ2) is 4.47. The molecule has 2 atom stereocenters. The summed E-state index contributed by atoms with van der Waals surface area (Å²) in [5.74, 6) is 0.268. The Bertz CT molecular complexity index is 208. The Morgan fingerprint density at radius 1 is 1.43 bits per heavy atom. The number of rotatable bonds is 4. The molecule has 1 rings (SSSR count). The van der Waals surface area contributed by atoms with Crippen LogP contribution in [0.5, 0.6) is 0 Å². The van der Waals surface area contributed by atoms with Crippen LogP contribution < -0.4 is 0 Å². The standard InChI is InChI=1S/C11H22O2Si/c1-5-6-10-7-9(11(12)13-10)8-14(2,3)4/h9-10H,5-8H2,1-4H3/t9-,10-/m1/s1. The lowest BCUT2D eigenvalue weighted by atomic mass is 10.0. The summed E-state index contributed by atoms with van der Waals surface area (Å²) in [6, 6.07) is 1.09. The quantitative estimate of drug-likeness (QED) is 0.531. The molecule has 0 unspecified atom stereocenters. The molecular formula is C11H22O2Si. The van der Waals surface area contributed by atoms with Crippen molar-refractivity contribution in [1.82, 2.24) is 0 Å². The lowest BCUT2D eigenvalue weighted by molar-refractivity contribution is -0.144. The molecule has 0 saturated carbocycles. The van der Waals surface area contributed by atoms with Gasteiger partial charge in [0.25, 0.3) is 0 Å². The van der Waals surface area contributed by atoms with Crippen LogP contribution in [0.4, 0.5) is 0 Å². The molecule has 1 aliphatic rings. The molecule has 0 N–H and O–H groups in total. The third-order valence-corrected chi connectivity index (χ3v) is 4.35. The average molecular weight is 214 g/mol. The van der Waals surface area contributed by atoms with Gasteiger partial charge in [-0.2, -0.15) is 0 Å². The predicted molar refractivity (Wildman–Crippen MR) is 61.0 cm³/mol. The van der Waals surface area contributed by atoms with E-state index in [0.717, 1.165) is 25.3 Å². The third-order valence-electron chi connectivity index (χ3n) is 2.63. The number of hydrogen-bond donors (Lipinski definition) is 0. The highest BCUT2D eigenvalue weighted by molar-refractivity contribution is 6.76. The van der Waals surface area contributed by atoms with Crippen molar-refractivity contribution in [2.45, 2.75) is 58.0 Å². The monoisotopic (exact) mass is 214 g/mol. The first-order valence-corrected chi connectivity index (χ1v) is 9.33. The molecule has 0 amide bonds. The normalized spacial score (nSPS) is 27.9. The second-order valence-corrected chi connectivity index (χ2v) is 11.1. The summed E-state index contributed by atoms with van der Waals surface area (Å²) in [5, 5.41) is 0. The zero-order valence-electron chi connectivity index (χ0n) is 9.80. The lowest BCUT2D eigenvalue weighted by Gasteiger charge is -2.18. The predicted octanol–water partition coefficient (Wildman–Crippen LogP) is 3.06. The number of cyclic esters (lactones) is 1. The van der Waals surface area contributed by atoms with Crippen molar-refractivity contribution in [3.63, 3.8) is 0 Å². The number of ether oxygens (including phenoxy) is 1. The molecule has 1 heterocycles. The smallest absolute Gasteiger partial charge is 0.309 e. The van der Waals surface area contributed by atoms with E-state index < -0.39 is 8.07 Å². The number of carbonyl (C=O) groups is 1. The summed E-state index contributed by atoms with van der Waals surface area (Å²) in [5.41, 5.74) is 0. The fourth-order valence-electron chi connectivity index (χ4n) is 2.13. The molecule has 82 valence electrons. The third kappa shape index (κ3) is 3.44. The Morgan fingerprint density at radius 2 is 2.07 bits per heavy atom. The molecule has 0 aromatic rings. The van der Waals surface area contributed by atoms with Crippen molar-refractivity contribution < 1.29 is 9.53 Å². The summed E-state index contributed by atoms with van der Waals surface area (Å²) < 4.78 is 5.34. The van der Waals surface area contributed by atoms with Gasteiger partial charge in [-0.25, -0.2) is 0 Å². The van der Waals surface area contributed by atoms with Crippen LogP contribution in [0.2, 0.25) is 25.7 Å². The maximum absolute atomic E-state index is 11.5. The van der Waals surface area contributed by atoms with Gasteiger partial charge in [0, 0.05) is 8.07 Å². The fraction of sp³-hybridized carbons (Fsp3) is 0.909. The Labute approximate surface area is 88.0 Å². The molecule has 1 aliphatic heterocycles. The molecule has 0 aromatic heterocycles. The van der Waals surface area contributed by atoms with E-state index in [1.807, 2.05) is 0 Å². The zero-order chi connectivity index (χ0) is 10.8. The zero-order valence-corrected chi connectivity index (χ0v) is 10.8. The topological polar surface area (TPSA) is 26.3 Å². The maximum Gasteiger partial charge on any atom is 0.309 e. The Morgan fingerprint density at radius 3 is 2.57 bits per heavy atom. The van der Waals surface area contributed by atoms with Gasteiger partial charge in [-0.15, -0.1) is 0 Å². The molecule has 14 heavy (non-hydrogen) atoms. The number of hydrogen-bond acceptors (Lipinski definition) is 2. The highest BCUT2D eigenvalue weighted by Crippen LogP contribution is 2.30. The van der Waals surface area contributed by atoms with E-state index in [4.69, 9.17) is 4.74 Å². The van der Waals surface area contributed by atoms with Crippen LogP contribution in [0.3, 0.4) is 0 Å². The molecule has 0 radical (unpaired) electrons. The van der Waals surface area contributed by atoms with Crippen molar-refractivity contribution >= 4 is 14.0 Å². The van der Waals surface area contributed by atoms with Gasteiger partial charge in [-0.3, -0.25) is 4.79 Å². The minimum absolute atomic E-state index is 0.0610. The molecule has 3 heteroatoms. The van der Waals surface area contributed by atoms with Gasteiger partial charge in [0.05, 0.1) is 5.92 Å².